The summed E-state index contributed by atoms with van der Waals surface area (Å²) in [5.41, 5.74) is 0. The lowest BCUT2D eigenvalue weighted by Crippen LogP contribution is -2.46. The fourth-order valence-corrected chi connectivity index (χ4v) is 3.77. The average molecular weight is 365 g/mol. The minimum Gasteiger partial charge on any atom is -0.381 e. The van der Waals surface area contributed by atoms with Crippen LogP contribution in [0.5, 0.6) is 0 Å². The van der Waals surface area contributed by atoms with Crippen molar-refractivity contribution in [3.63, 3.8) is 0 Å². The fourth-order valence-electron chi connectivity index (χ4n) is 3.77. The highest BCUT2D eigenvalue weighted by Crippen LogP contribution is 2.23. The zero-order valence-electron chi connectivity index (χ0n) is 15.7. The number of carbonyl (C=O) groups excluding carboxylic acids is 3. The molecule has 3 rings (SSSR count). The largest absolute Gasteiger partial charge is 0.381 e. The summed E-state index contributed by atoms with van der Waals surface area (Å²) in [6, 6.07) is 0.263. The molecule has 2 aliphatic heterocycles. The van der Waals surface area contributed by atoms with Gasteiger partial charge in [-0.1, -0.05) is 6.42 Å². The van der Waals surface area contributed by atoms with Crippen LogP contribution in [0.3, 0.4) is 0 Å². The van der Waals surface area contributed by atoms with Crippen molar-refractivity contribution in [2.75, 3.05) is 26.8 Å². The predicted octanol–water partition coefficient (Wildman–Crippen LogP) is 0.825. The summed E-state index contributed by atoms with van der Waals surface area (Å²) < 4.78 is 5.32. The number of ether oxygens (including phenoxy) is 1. The molecule has 0 aromatic rings. The van der Waals surface area contributed by atoms with E-state index in [1.165, 1.54) is 0 Å². The first kappa shape index (κ1) is 19.1. The standard InChI is InChI=1S/C19H31N3O4/c1-22-12-16(21-18(24)13-7-9-26-10-8-13)4-2-3-14(11-17(22)23)19(25)20-15-5-6-15/h13-16H,2-12H2,1H3,(H,20,25)(H,21,24). The van der Waals surface area contributed by atoms with Gasteiger partial charge in [0, 0.05) is 57.1 Å². The quantitative estimate of drug-likeness (QED) is 0.772. The Hall–Kier alpha value is -1.63. The Morgan fingerprint density at radius 2 is 1.58 bits per heavy atom. The van der Waals surface area contributed by atoms with Gasteiger partial charge in [-0.05, 0) is 38.5 Å². The Morgan fingerprint density at radius 3 is 2.27 bits per heavy atom. The van der Waals surface area contributed by atoms with Crippen LogP contribution in [-0.4, -0.2) is 61.5 Å². The Kier molecular flexibility index (Phi) is 6.51. The Morgan fingerprint density at radius 1 is 0.923 bits per heavy atom. The van der Waals surface area contributed by atoms with Crippen LogP contribution in [0.4, 0.5) is 0 Å². The molecule has 2 N–H and O–H groups in total. The third-order valence-electron chi connectivity index (χ3n) is 5.68. The van der Waals surface area contributed by atoms with E-state index in [0.29, 0.717) is 32.2 Å². The lowest BCUT2D eigenvalue weighted by Gasteiger charge is -2.27. The molecule has 3 amide bonds. The second kappa shape index (κ2) is 8.84. The number of amides is 3. The molecule has 0 bridgehead atoms. The van der Waals surface area contributed by atoms with Crippen molar-refractivity contribution in [1.82, 2.24) is 15.5 Å². The molecule has 2 heterocycles. The van der Waals surface area contributed by atoms with Crippen molar-refractivity contribution in [3.05, 3.63) is 0 Å². The first-order valence-corrected chi connectivity index (χ1v) is 9.95. The molecule has 1 saturated carbocycles. The van der Waals surface area contributed by atoms with Gasteiger partial charge in [-0.3, -0.25) is 14.4 Å². The maximum atomic E-state index is 12.5. The lowest BCUT2D eigenvalue weighted by atomic mass is 9.95. The van der Waals surface area contributed by atoms with Crippen LogP contribution in [0.15, 0.2) is 0 Å². The first-order chi connectivity index (χ1) is 12.5. The minimum atomic E-state index is -0.254. The minimum absolute atomic E-state index is 0.00875. The molecular weight excluding hydrogens is 334 g/mol. The molecule has 3 fully saturated rings. The number of likely N-dealkylation sites (N-methyl/N-ethyl adjacent to an activating group) is 1. The zero-order chi connectivity index (χ0) is 18.5. The number of rotatable bonds is 4. The molecule has 0 aromatic heterocycles. The molecule has 2 saturated heterocycles. The van der Waals surface area contributed by atoms with Crippen LogP contribution in [0.25, 0.3) is 0 Å². The summed E-state index contributed by atoms with van der Waals surface area (Å²) in [6.07, 6.45) is 6.20. The topological polar surface area (TPSA) is 87.7 Å². The molecule has 0 aromatic carbocycles. The predicted molar refractivity (Wildman–Crippen MR) is 96.2 cm³/mol. The van der Waals surface area contributed by atoms with Crippen LogP contribution in [-0.2, 0) is 19.1 Å². The van der Waals surface area contributed by atoms with Crippen molar-refractivity contribution >= 4 is 17.7 Å². The maximum Gasteiger partial charge on any atom is 0.223 e. The molecule has 7 heteroatoms. The second-order valence-electron chi connectivity index (χ2n) is 7.98. The number of nitrogens with one attached hydrogen (secondary N) is 2. The zero-order valence-corrected chi connectivity index (χ0v) is 15.7. The van der Waals surface area contributed by atoms with Crippen LogP contribution in [0, 0.1) is 11.8 Å². The summed E-state index contributed by atoms with van der Waals surface area (Å²) in [6.45, 7) is 1.78. The summed E-state index contributed by atoms with van der Waals surface area (Å²) in [4.78, 5) is 39.0. The highest BCUT2D eigenvalue weighted by molar-refractivity contribution is 5.86. The molecule has 3 aliphatic rings. The van der Waals surface area contributed by atoms with Gasteiger partial charge in [0.2, 0.25) is 17.7 Å². The molecule has 26 heavy (non-hydrogen) atoms. The van der Waals surface area contributed by atoms with E-state index in [4.69, 9.17) is 4.74 Å². The number of hydrogen-bond donors (Lipinski definition) is 2. The lowest BCUT2D eigenvalue weighted by molar-refractivity contribution is -0.136. The van der Waals surface area contributed by atoms with Crippen LogP contribution < -0.4 is 10.6 Å². The second-order valence-corrected chi connectivity index (χ2v) is 7.98. The summed E-state index contributed by atoms with van der Waals surface area (Å²) in [5.74, 6) is -0.182. The number of nitrogens with zero attached hydrogens (tertiary/aromatic N) is 1. The van der Waals surface area contributed by atoms with Gasteiger partial charge in [0.15, 0.2) is 0 Å². The molecule has 2 atom stereocenters. The summed E-state index contributed by atoms with van der Waals surface area (Å²) >= 11 is 0. The average Bonchev–Trinajstić information content (AvgIpc) is 3.43. The SMILES string of the molecule is CN1CC(NC(=O)C2CCOCC2)CCCC(C(=O)NC2CC2)CC1=O. The number of carbonyl (C=O) groups is 3. The molecular formula is C19H31N3O4. The van der Waals surface area contributed by atoms with Crippen LogP contribution in [0.2, 0.25) is 0 Å². The van der Waals surface area contributed by atoms with E-state index in [-0.39, 0.29) is 42.0 Å². The van der Waals surface area contributed by atoms with E-state index >= 15 is 0 Å². The van der Waals surface area contributed by atoms with Gasteiger partial charge in [0.25, 0.3) is 0 Å². The van der Waals surface area contributed by atoms with E-state index in [0.717, 1.165) is 38.5 Å². The van der Waals surface area contributed by atoms with Gasteiger partial charge >= 0.3 is 0 Å². The normalized spacial score (nSPS) is 28.7. The fraction of sp³-hybridized carbons (Fsp3) is 0.842. The van der Waals surface area contributed by atoms with Crippen molar-refractivity contribution in [1.29, 1.82) is 0 Å². The van der Waals surface area contributed by atoms with Crippen molar-refractivity contribution in [2.45, 2.75) is 63.5 Å². The third-order valence-corrected chi connectivity index (χ3v) is 5.68. The van der Waals surface area contributed by atoms with Gasteiger partial charge in [-0.2, -0.15) is 0 Å². The molecule has 0 radical (unpaired) electrons. The van der Waals surface area contributed by atoms with E-state index < -0.39 is 0 Å². The summed E-state index contributed by atoms with van der Waals surface area (Å²) in [7, 11) is 1.76. The Bertz CT molecular complexity index is 529. The van der Waals surface area contributed by atoms with E-state index in [2.05, 4.69) is 10.6 Å². The smallest absolute Gasteiger partial charge is 0.223 e. The van der Waals surface area contributed by atoms with E-state index in [1.807, 2.05) is 0 Å². The Balaban J connectivity index is 1.55. The summed E-state index contributed by atoms with van der Waals surface area (Å²) in [5, 5.41) is 6.16. The molecule has 2 unspecified atom stereocenters. The van der Waals surface area contributed by atoms with Crippen molar-refractivity contribution in [2.24, 2.45) is 11.8 Å². The van der Waals surface area contributed by atoms with Crippen molar-refractivity contribution < 1.29 is 19.1 Å². The molecule has 1 aliphatic carbocycles. The van der Waals surface area contributed by atoms with Gasteiger partial charge in [-0.25, -0.2) is 0 Å². The van der Waals surface area contributed by atoms with E-state index in [9.17, 15) is 14.4 Å². The highest BCUT2D eigenvalue weighted by Gasteiger charge is 2.31. The molecule has 146 valence electrons. The van der Waals surface area contributed by atoms with Gasteiger partial charge in [0.1, 0.15) is 0 Å². The third kappa shape index (κ3) is 5.43. The Labute approximate surface area is 155 Å². The van der Waals surface area contributed by atoms with Crippen LogP contribution >= 0.6 is 0 Å². The monoisotopic (exact) mass is 365 g/mol. The van der Waals surface area contributed by atoms with Gasteiger partial charge in [0.05, 0.1) is 0 Å². The maximum absolute atomic E-state index is 12.5. The van der Waals surface area contributed by atoms with E-state index in [1.54, 1.807) is 11.9 Å². The van der Waals surface area contributed by atoms with Crippen LogP contribution in [0.1, 0.15) is 51.4 Å². The van der Waals surface area contributed by atoms with Gasteiger partial charge < -0.3 is 20.3 Å². The van der Waals surface area contributed by atoms with Crippen molar-refractivity contribution in [3.8, 4) is 0 Å². The first-order valence-electron chi connectivity index (χ1n) is 9.95. The van der Waals surface area contributed by atoms with Gasteiger partial charge in [-0.15, -0.1) is 0 Å². The number of hydrogen-bond acceptors (Lipinski definition) is 4. The highest BCUT2D eigenvalue weighted by atomic mass is 16.5. The molecule has 7 nitrogen and oxygen atoms in total. The molecule has 0 spiro atoms.